The minimum atomic E-state index is -0.547. The van der Waals surface area contributed by atoms with Gasteiger partial charge in [0, 0.05) is 54.8 Å². The van der Waals surface area contributed by atoms with E-state index in [0.717, 1.165) is 0 Å². The molecule has 1 aromatic carbocycles. The van der Waals surface area contributed by atoms with Gasteiger partial charge in [-0.15, -0.1) is 0 Å². The molecule has 0 unspecified atom stereocenters. The number of nitrogen functional groups attached to an aromatic ring is 2. The number of nitrogens with one attached hydrogen (secondary N) is 1. The topological polar surface area (TPSA) is 124 Å². The number of nitrogens with two attached hydrogens (primary N) is 2. The fourth-order valence-electron chi connectivity index (χ4n) is 3.58. The standard InChI is InChI=1S/C23H30FN7O2/c1-13(2)31-20(21(26)30(5)23(31)33)16-10-15(17(24)11-18(16)25)14-6-7-19(28-12-14)22(32)27-8-9-29(3)4/h6-7,10-13H,8-9,25-26H2,1-5H3,(H,27,32). The van der Waals surface area contributed by atoms with Gasteiger partial charge in [-0.2, -0.15) is 0 Å². The lowest BCUT2D eigenvalue weighted by molar-refractivity contribution is 0.0946. The normalized spacial score (nSPS) is 11.4. The molecule has 5 N–H and O–H groups in total. The van der Waals surface area contributed by atoms with Crippen LogP contribution in [-0.2, 0) is 7.05 Å². The number of hydrogen-bond acceptors (Lipinski definition) is 6. The van der Waals surface area contributed by atoms with Gasteiger partial charge in [0.2, 0.25) is 0 Å². The van der Waals surface area contributed by atoms with E-state index in [1.807, 2.05) is 32.8 Å². The first-order valence-electron chi connectivity index (χ1n) is 10.6. The van der Waals surface area contributed by atoms with Crippen molar-refractivity contribution in [2.45, 2.75) is 19.9 Å². The van der Waals surface area contributed by atoms with Crippen molar-refractivity contribution in [3.05, 3.63) is 52.5 Å². The third-order valence-corrected chi connectivity index (χ3v) is 5.40. The summed E-state index contributed by atoms with van der Waals surface area (Å²) in [5.41, 5.74) is 14.0. The molecule has 10 heteroatoms. The number of halogens is 1. The third-order valence-electron chi connectivity index (χ3n) is 5.40. The maximum atomic E-state index is 14.9. The van der Waals surface area contributed by atoms with Crippen LogP contribution in [0.4, 0.5) is 15.9 Å². The summed E-state index contributed by atoms with van der Waals surface area (Å²) in [6.45, 7) is 4.91. The number of carbonyl (C=O) groups excluding carboxylic acids is 1. The molecule has 9 nitrogen and oxygen atoms in total. The van der Waals surface area contributed by atoms with E-state index in [1.54, 1.807) is 19.2 Å². The van der Waals surface area contributed by atoms with Crippen LogP contribution in [0, 0.1) is 5.82 Å². The van der Waals surface area contributed by atoms with Gasteiger partial charge in [-0.3, -0.25) is 18.9 Å². The molecule has 0 aliphatic heterocycles. The van der Waals surface area contributed by atoms with Crippen molar-refractivity contribution in [3.63, 3.8) is 0 Å². The second kappa shape index (κ2) is 9.45. The van der Waals surface area contributed by atoms with E-state index >= 15 is 0 Å². The van der Waals surface area contributed by atoms with Crippen LogP contribution in [-0.4, -0.2) is 52.1 Å². The number of carbonyl (C=O) groups is 1. The smallest absolute Gasteiger partial charge is 0.330 e. The molecule has 0 aliphatic carbocycles. The molecule has 0 saturated heterocycles. The number of nitrogens with zero attached hydrogens (tertiary/aromatic N) is 4. The number of anilines is 2. The number of benzene rings is 1. The fraction of sp³-hybridized carbons (Fsp3) is 0.348. The minimum absolute atomic E-state index is 0.160. The Hall–Kier alpha value is -3.66. The zero-order valence-corrected chi connectivity index (χ0v) is 19.5. The molecular formula is C23H30FN7O2. The Balaban J connectivity index is 2.01. The highest BCUT2D eigenvalue weighted by atomic mass is 19.1. The van der Waals surface area contributed by atoms with Gasteiger partial charge in [0.25, 0.3) is 5.91 Å². The van der Waals surface area contributed by atoms with Crippen LogP contribution in [0.2, 0.25) is 0 Å². The van der Waals surface area contributed by atoms with Gasteiger partial charge in [0.05, 0.1) is 5.69 Å². The molecule has 0 saturated carbocycles. The quantitative estimate of drug-likeness (QED) is 0.469. The number of pyridine rings is 1. The SMILES string of the molecule is CC(C)n1c(-c2cc(-c3ccc(C(=O)NCCN(C)C)nc3)c(F)cc2N)c(N)n(C)c1=O. The number of rotatable bonds is 7. The molecule has 0 atom stereocenters. The highest BCUT2D eigenvalue weighted by Gasteiger charge is 2.23. The van der Waals surface area contributed by atoms with E-state index in [0.29, 0.717) is 29.9 Å². The molecule has 0 fully saturated rings. The molecule has 3 aromatic rings. The van der Waals surface area contributed by atoms with Gasteiger partial charge in [0.1, 0.15) is 17.3 Å². The van der Waals surface area contributed by atoms with Crippen molar-refractivity contribution >= 4 is 17.4 Å². The van der Waals surface area contributed by atoms with Crippen LogP contribution < -0.4 is 22.5 Å². The predicted octanol–water partition coefficient (Wildman–Crippen LogP) is 2.09. The van der Waals surface area contributed by atoms with E-state index in [9.17, 15) is 14.0 Å². The molecule has 1 amide bonds. The summed E-state index contributed by atoms with van der Waals surface area (Å²) in [6.07, 6.45) is 1.43. The third kappa shape index (κ3) is 4.75. The number of amides is 1. The van der Waals surface area contributed by atoms with Gasteiger partial charge in [-0.25, -0.2) is 9.18 Å². The molecule has 0 aliphatic rings. The number of likely N-dealkylation sites (N-methyl/N-ethyl adjacent to an activating group) is 1. The van der Waals surface area contributed by atoms with Crippen LogP contribution >= 0.6 is 0 Å². The second-order valence-corrected chi connectivity index (χ2v) is 8.45. The Kier molecular flexibility index (Phi) is 6.87. The molecule has 0 radical (unpaired) electrons. The largest absolute Gasteiger partial charge is 0.398 e. The van der Waals surface area contributed by atoms with Crippen molar-refractivity contribution in [2.75, 3.05) is 38.7 Å². The Morgan fingerprint density at radius 1 is 1.21 bits per heavy atom. The summed E-state index contributed by atoms with van der Waals surface area (Å²) in [5, 5.41) is 2.79. The van der Waals surface area contributed by atoms with Gasteiger partial charge < -0.3 is 21.7 Å². The zero-order chi connectivity index (χ0) is 24.4. The molecule has 2 aromatic heterocycles. The van der Waals surface area contributed by atoms with Crippen molar-refractivity contribution < 1.29 is 9.18 Å². The van der Waals surface area contributed by atoms with E-state index in [-0.39, 0.29) is 40.4 Å². The Morgan fingerprint density at radius 3 is 2.48 bits per heavy atom. The lowest BCUT2D eigenvalue weighted by Gasteiger charge is -2.15. The van der Waals surface area contributed by atoms with E-state index in [2.05, 4.69) is 10.3 Å². The van der Waals surface area contributed by atoms with Crippen molar-refractivity contribution in [3.8, 4) is 22.4 Å². The van der Waals surface area contributed by atoms with Crippen LogP contribution in [0.1, 0.15) is 30.4 Å². The molecule has 0 bridgehead atoms. The average molecular weight is 456 g/mol. The highest BCUT2D eigenvalue weighted by molar-refractivity contribution is 5.92. The summed E-state index contributed by atoms with van der Waals surface area (Å²) in [7, 11) is 5.41. The van der Waals surface area contributed by atoms with Crippen LogP contribution in [0.5, 0.6) is 0 Å². The van der Waals surface area contributed by atoms with Crippen LogP contribution in [0.25, 0.3) is 22.4 Å². The zero-order valence-electron chi connectivity index (χ0n) is 19.5. The summed E-state index contributed by atoms with van der Waals surface area (Å²) in [6, 6.07) is 5.74. The highest BCUT2D eigenvalue weighted by Crippen LogP contribution is 2.36. The molecule has 3 rings (SSSR count). The Bertz CT molecular complexity index is 1230. The van der Waals surface area contributed by atoms with Gasteiger partial charge >= 0.3 is 5.69 Å². The van der Waals surface area contributed by atoms with Crippen LogP contribution in [0.3, 0.4) is 0 Å². The number of imidazole rings is 1. The number of hydrogen-bond donors (Lipinski definition) is 3. The van der Waals surface area contributed by atoms with Crippen molar-refractivity contribution in [1.82, 2.24) is 24.3 Å². The van der Waals surface area contributed by atoms with E-state index in [1.165, 1.54) is 27.5 Å². The first-order valence-corrected chi connectivity index (χ1v) is 10.6. The van der Waals surface area contributed by atoms with Crippen molar-refractivity contribution in [2.24, 2.45) is 7.05 Å². The summed E-state index contributed by atoms with van der Waals surface area (Å²) in [4.78, 5) is 31.1. The van der Waals surface area contributed by atoms with E-state index in [4.69, 9.17) is 11.5 Å². The predicted molar refractivity (Wildman–Crippen MR) is 128 cm³/mol. The second-order valence-electron chi connectivity index (χ2n) is 8.45. The lowest BCUT2D eigenvalue weighted by atomic mass is 10.00. The first-order chi connectivity index (χ1) is 15.5. The summed E-state index contributed by atoms with van der Waals surface area (Å²) >= 11 is 0. The number of aromatic nitrogens is 3. The van der Waals surface area contributed by atoms with Crippen LogP contribution in [0.15, 0.2) is 35.3 Å². The monoisotopic (exact) mass is 455 g/mol. The molecule has 33 heavy (non-hydrogen) atoms. The molecular weight excluding hydrogens is 425 g/mol. The summed E-state index contributed by atoms with van der Waals surface area (Å²) in [5.74, 6) is -0.616. The summed E-state index contributed by atoms with van der Waals surface area (Å²) < 4.78 is 17.7. The Morgan fingerprint density at radius 2 is 1.91 bits per heavy atom. The minimum Gasteiger partial charge on any atom is -0.398 e. The molecule has 176 valence electrons. The maximum Gasteiger partial charge on any atom is 0.330 e. The van der Waals surface area contributed by atoms with Crippen molar-refractivity contribution in [1.29, 1.82) is 0 Å². The average Bonchev–Trinajstić information content (AvgIpc) is 2.98. The Labute approximate surface area is 191 Å². The van der Waals surface area contributed by atoms with Gasteiger partial charge in [-0.05, 0) is 46.1 Å². The molecule has 2 heterocycles. The van der Waals surface area contributed by atoms with Gasteiger partial charge in [-0.1, -0.05) is 6.07 Å². The fourth-order valence-corrected chi connectivity index (χ4v) is 3.58. The molecule has 0 spiro atoms. The lowest BCUT2D eigenvalue weighted by Crippen LogP contribution is -2.31. The maximum absolute atomic E-state index is 14.9. The van der Waals surface area contributed by atoms with Gasteiger partial charge in [0.15, 0.2) is 0 Å². The van der Waals surface area contributed by atoms with E-state index < -0.39 is 5.82 Å². The first kappa shape index (κ1) is 24.0.